The summed E-state index contributed by atoms with van der Waals surface area (Å²) in [5.74, 6) is 1.94. The summed E-state index contributed by atoms with van der Waals surface area (Å²) in [5, 5.41) is 15.4. The van der Waals surface area contributed by atoms with Crippen molar-refractivity contribution in [2.24, 2.45) is 0 Å². The standard InChI is InChI=1S/C36H43O3P/c1-23-15-11-20-28(38-9)33(23)40(34-24(2)16-12-21-29(34)39-10)30-22-13-17-25(32(30)37)31-26(35(3,4)5)18-14-19-27(31)36(6,7)8/h11-22,37H,1-10H3. The number of phenols is 1. The van der Waals surface area contributed by atoms with E-state index < -0.39 is 7.92 Å². The number of hydrogen-bond acceptors (Lipinski definition) is 3. The van der Waals surface area contributed by atoms with Crippen LogP contribution in [0.1, 0.15) is 63.8 Å². The highest BCUT2D eigenvalue weighted by atomic mass is 31.1. The van der Waals surface area contributed by atoms with Crippen LogP contribution in [0.15, 0.2) is 72.8 Å². The molecule has 4 rings (SSSR count). The van der Waals surface area contributed by atoms with Crippen molar-refractivity contribution < 1.29 is 14.6 Å². The van der Waals surface area contributed by atoms with Gasteiger partial charge in [0.15, 0.2) is 0 Å². The molecule has 0 saturated carbocycles. The summed E-state index contributed by atoms with van der Waals surface area (Å²) in [7, 11) is 2.19. The van der Waals surface area contributed by atoms with E-state index in [4.69, 9.17) is 9.47 Å². The lowest BCUT2D eigenvalue weighted by molar-refractivity contribution is 0.417. The van der Waals surface area contributed by atoms with Crippen molar-refractivity contribution in [3.8, 4) is 28.4 Å². The Bertz CT molecular complexity index is 1440. The van der Waals surface area contributed by atoms with Crippen LogP contribution in [-0.4, -0.2) is 19.3 Å². The smallest absolute Gasteiger partial charge is 0.131 e. The first-order chi connectivity index (χ1) is 18.8. The number of benzene rings is 4. The van der Waals surface area contributed by atoms with E-state index in [1.807, 2.05) is 24.3 Å². The van der Waals surface area contributed by atoms with Gasteiger partial charge in [0.1, 0.15) is 17.2 Å². The minimum Gasteiger partial charge on any atom is -0.507 e. The zero-order valence-corrected chi connectivity index (χ0v) is 26.5. The second-order valence-electron chi connectivity index (χ2n) is 12.5. The molecule has 0 heterocycles. The lowest BCUT2D eigenvalue weighted by Gasteiger charge is -2.32. The summed E-state index contributed by atoms with van der Waals surface area (Å²) in [6.45, 7) is 17.7. The first-order valence-electron chi connectivity index (χ1n) is 13.8. The molecule has 0 bridgehead atoms. The van der Waals surface area contributed by atoms with Crippen LogP contribution in [0.2, 0.25) is 0 Å². The van der Waals surface area contributed by atoms with E-state index in [2.05, 4.69) is 104 Å². The van der Waals surface area contributed by atoms with Gasteiger partial charge >= 0.3 is 0 Å². The van der Waals surface area contributed by atoms with Crippen LogP contribution in [-0.2, 0) is 10.8 Å². The average molecular weight is 555 g/mol. The zero-order chi connectivity index (χ0) is 29.4. The third kappa shape index (κ3) is 5.50. The van der Waals surface area contributed by atoms with Gasteiger partial charge in [0, 0.05) is 21.5 Å². The van der Waals surface area contributed by atoms with Gasteiger partial charge in [-0.1, -0.05) is 102 Å². The Labute approximate surface area is 242 Å². The Morgan fingerprint density at radius 2 is 1.02 bits per heavy atom. The predicted octanol–water partition coefficient (Wildman–Crippen LogP) is 8.05. The second-order valence-corrected chi connectivity index (χ2v) is 14.5. The first kappa shape index (κ1) is 29.7. The van der Waals surface area contributed by atoms with Crippen molar-refractivity contribution in [2.75, 3.05) is 14.2 Å². The van der Waals surface area contributed by atoms with Crippen molar-refractivity contribution in [3.05, 3.63) is 95.1 Å². The van der Waals surface area contributed by atoms with Crippen molar-refractivity contribution in [3.63, 3.8) is 0 Å². The summed E-state index contributed by atoms with van der Waals surface area (Å²) in [6.07, 6.45) is 0. The van der Waals surface area contributed by atoms with E-state index >= 15 is 0 Å². The molecule has 0 aromatic heterocycles. The second kappa shape index (κ2) is 11.3. The maximum absolute atomic E-state index is 12.4. The fourth-order valence-electron chi connectivity index (χ4n) is 5.53. The molecular formula is C36H43O3P. The molecule has 0 amide bonds. The highest BCUT2D eigenvalue weighted by molar-refractivity contribution is 7.80. The van der Waals surface area contributed by atoms with Gasteiger partial charge in [-0.15, -0.1) is 0 Å². The van der Waals surface area contributed by atoms with Crippen LogP contribution in [0.25, 0.3) is 11.1 Å². The molecule has 0 aliphatic heterocycles. The minimum absolute atomic E-state index is 0.109. The molecule has 0 unspecified atom stereocenters. The molecule has 4 aromatic rings. The van der Waals surface area contributed by atoms with E-state index in [1.54, 1.807) is 14.2 Å². The van der Waals surface area contributed by atoms with E-state index in [-0.39, 0.29) is 10.8 Å². The van der Waals surface area contributed by atoms with Crippen LogP contribution in [0.3, 0.4) is 0 Å². The summed E-state index contributed by atoms with van der Waals surface area (Å²) in [5.41, 5.74) is 6.44. The largest absolute Gasteiger partial charge is 0.507 e. The number of hydrogen-bond donors (Lipinski definition) is 1. The SMILES string of the molecule is COc1cccc(C)c1P(c1cccc(-c2c(C(C)(C)C)cccc2C(C)(C)C)c1O)c1c(C)cccc1OC. The van der Waals surface area contributed by atoms with Crippen LogP contribution < -0.4 is 25.4 Å². The molecule has 0 aliphatic rings. The van der Waals surface area contributed by atoms with E-state index in [1.165, 1.54) is 11.1 Å². The highest BCUT2D eigenvalue weighted by Crippen LogP contribution is 2.48. The number of para-hydroxylation sites is 1. The summed E-state index contributed by atoms with van der Waals surface area (Å²) in [6, 6.07) is 25.1. The Kier molecular flexibility index (Phi) is 8.38. The van der Waals surface area contributed by atoms with Crippen LogP contribution in [0, 0.1) is 13.8 Å². The molecule has 0 spiro atoms. The van der Waals surface area contributed by atoms with Crippen LogP contribution in [0.4, 0.5) is 0 Å². The molecule has 0 radical (unpaired) electrons. The fourth-order valence-corrected chi connectivity index (χ4v) is 8.43. The number of aryl methyl sites for hydroxylation is 2. The predicted molar refractivity (Wildman–Crippen MR) is 172 cm³/mol. The lowest BCUT2D eigenvalue weighted by atomic mass is 9.74. The molecular weight excluding hydrogens is 511 g/mol. The molecule has 0 saturated heterocycles. The Morgan fingerprint density at radius 3 is 1.45 bits per heavy atom. The average Bonchev–Trinajstić information content (AvgIpc) is 2.89. The monoisotopic (exact) mass is 554 g/mol. The van der Waals surface area contributed by atoms with E-state index in [0.29, 0.717) is 5.75 Å². The number of phenolic OH excluding ortho intramolecular Hbond substituents is 1. The first-order valence-corrected chi connectivity index (χ1v) is 15.2. The third-order valence-corrected chi connectivity index (χ3v) is 10.4. The van der Waals surface area contributed by atoms with Gasteiger partial charge in [-0.25, -0.2) is 0 Å². The van der Waals surface area contributed by atoms with Gasteiger partial charge in [0.25, 0.3) is 0 Å². The van der Waals surface area contributed by atoms with Gasteiger partial charge in [0.05, 0.1) is 14.2 Å². The van der Waals surface area contributed by atoms with Crippen molar-refractivity contribution in [1.82, 2.24) is 0 Å². The number of rotatable bonds is 6. The Balaban J connectivity index is 2.15. The summed E-state index contributed by atoms with van der Waals surface area (Å²) in [4.78, 5) is 0. The molecule has 0 fully saturated rings. The highest BCUT2D eigenvalue weighted by Gasteiger charge is 2.32. The molecule has 210 valence electrons. The maximum atomic E-state index is 12.4. The van der Waals surface area contributed by atoms with Crippen molar-refractivity contribution >= 4 is 23.8 Å². The minimum atomic E-state index is -1.24. The number of ether oxygens (including phenoxy) is 2. The summed E-state index contributed by atoms with van der Waals surface area (Å²) < 4.78 is 11.9. The fraction of sp³-hybridized carbons (Fsp3) is 0.333. The van der Waals surface area contributed by atoms with Crippen molar-refractivity contribution in [2.45, 2.75) is 66.2 Å². The van der Waals surface area contributed by atoms with E-state index in [9.17, 15) is 5.11 Å². The molecule has 0 aliphatic carbocycles. The summed E-state index contributed by atoms with van der Waals surface area (Å²) >= 11 is 0. The quantitative estimate of drug-likeness (QED) is 0.245. The van der Waals surface area contributed by atoms with Gasteiger partial charge in [-0.05, 0) is 72.5 Å². The normalized spacial score (nSPS) is 12.1. The van der Waals surface area contributed by atoms with Gasteiger partial charge in [0.2, 0.25) is 0 Å². The number of methoxy groups -OCH3 is 2. The molecule has 3 nitrogen and oxygen atoms in total. The zero-order valence-electron chi connectivity index (χ0n) is 25.6. The molecule has 4 aromatic carbocycles. The van der Waals surface area contributed by atoms with Gasteiger partial charge in [-0.3, -0.25) is 0 Å². The topological polar surface area (TPSA) is 38.7 Å². The molecule has 0 atom stereocenters. The van der Waals surface area contributed by atoms with Crippen molar-refractivity contribution in [1.29, 1.82) is 0 Å². The molecule has 40 heavy (non-hydrogen) atoms. The molecule has 4 heteroatoms. The Hall–Kier alpha value is -3.29. The molecule has 1 N–H and O–H groups in total. The third-order valence-electron chi connectivity index (χ3n) is 7.49. The maximum Gasteiger partial charge on any atom is 0.131 e. The lowest BCUT2D eigenvalue weighted by Crippen LogP contribution is -2.27. The Morgan fingerprint density at radius 1 is 0.600 bits per heavy atom. The number of aromatic hydroxyl groups is 1. The van der Waals surface area contributed by atoms with Crippen LogP contribution in [0.5, 0.6) is 17.2 Å². The van der Waals surface area contributed by atoms with Gasteiger partial charge in [-0.2, -0.15) is 0 Å². The van der Waals surface area contributed by atoms with Gasteiger partial charge < -0.3 is 14.6 Å². The van der Waals surface area contributed by atoms with E-state index in [0.717, 1.165) is 49.7 Å². The van der Waals surface area contributed by atoms with Crippen LogP contribution >= 0.6 is 7.92 Å².